The lowest BCUT2D eigenvalue weighted by Gasteiger charge is -2.12. The van der Waals surface area contributed by atoms with Gasteiger partial charge in [0.25, 0.3) is 0 Å². The molecule has 16 heavy (non-hydrogen) atoms. The number of ketones is 1. The molecule has 0 saturated carbocycles. The summed E-state index contributed by atoms with van der Waals surface area (Å²) in [5.41, 5.74) is 0.412. The zero-order chi connectivity index (χ0) is 12.1. The van der Waals surface area contributed by atoms with Crippen LogP contribution in [0.15, 0.2) is 18.2 Å². The quantitative estimate of drug-likeness (QED) is 0.752. The first-order chi connectivity index (χ1) is 7.57. The van der Waals surface area contributed by atoms with Crippen LogP contribution in [0.4, 0.5) is 0 Å². The fraction of sp³-hybridized carbons (Fsp3) is 0.417. The van der Waals surface area contributed by atoms with E-state index in [1.54, 1.807) is 25.3 Å². The van der Waals surface area contributed by atoms with Crippen LogP contribution in [0.25, 0.3) is 0 Å². The maximum Gasteiger partial charge on any atom is 0.168 e. The molecule has 0 radical (unpaired) electrons. The SMILES string of the molecule is COCCC(C)C(=O)c1c(Cl)cccc1Cl. The van der Waals surface area contributed by atoms with Crippen molar-refractivity contribution in [3.8, 4) is 0 Å². The van der Waals surface area contributed by atoms with Crippen molar-refractivity contribution >= 4 is 29.0 Å². The van der Waals surface area contributed by atoms with E-state index in [1.165, 1.54) is 0 Å². The highest BCUT2D eigenvalue weighted by Crippen LogP contribution is 2.27. The average molecular weight is 261 g/mol. The summed E-state index contributed by atoms with van der Waals surface area (Å²) in [7, 11) is 1.61. The lowest BCUT2D eigenvalue weighted by atomic mass is 9.96. The Balaban J connectivity index is 2.87. The van der Waals surface area contributed by atoms with E-state index in [0.717, 1.165) is 0 Å². The number of methoxy groups -OCH3 is 1. The molecule has 0 aliphatic carbocycles. The molecular weight excluding hydrogens is 247 g/mol. The molecule has 1 aromatic carbocycles. The highest BCUT2D eigenvalue weighted by molar-refractivity contribution is 6.39. The zero-order valence-electron chi connectivity index (χ0n) is 9.30. The molecule has 2 nitrogen and oxygen atoms in total. The first-order valence-electron chi connectivity index (χ1n) is 5.05. The summed E-state index contributed by atoms with van der Waals surface area (Å²) < 4.78 is 4.94. The minimum atomic E-state index is -0.141. The summed E-state index contributed by atoms with van der Waals surface area (Å²) in [4.78, 5) is 12.1. The van der Waals surface area contributed by atoms with E-state index in [2.05, 4.69) is 0 Å². The van der Waals surface area contributed by atoms with Gasteiger partial charge in [-0.3, -0.25) is 4.79 Å². The minimum Gasteiger partial charge on any atom is -0.385 e. The Hall–Kier alpha value is -0.570. The topological polar surface area (TPSA) is 26.3 Å². The molecule has 0 spiro atoms. The molecule has 88 valence electrons. The van der Waals surface area contributed by atoms with Gasteiger partial charge in [-0.25, -0.2) is 0 Å². The Morgan fingerprint density at radius 1 is 1.38 bits per heavy atom. The average Bonchev–Trinajstić information content (AvgIpc) is 2.25. The van der Waals surface area contributed by atoms with Gasteiger partial charge >= 0.3 is 0 Å². The molecular formula is C12H14Cl2O2. The number of carbonyl (C=O) groups excluding carboxylic acids is 1. The van der Waals surface area contributed by atoms with Crippen molar-refractivity contribution in [1.29, 1.82) is 0 Å². The van der Waals surface area contributed by atoms with Gasteiger partial charge in [-0.15, -0.1) is 0 Å². The fourth-order valence-corrected chi connectivity index (χ4v) is 1.99. The summed E-state index contributed by atoms with van der Waals surface area (Å²) in [6.45, 7) is 2.40. The lowest BCUT2D eigenvalue weighted by Crippen LogP contribution is -2.14. The Morgan fingerprint density at radius 3 is 2.44 bits per heavy atom. The van der Waals surface area contributed by atoms with Crippen molar-refractivity contribution in [3.63, 3.8) is 0 Å². The smallest absolute Gasteiger partial charge is 0.168 e. The van der Waals surface area contributed by atoms with E-state index >= 15 is 0 Å². The van der Waals surface area contributed by atoms with Crippen LogP contribution < -0.4 is 0 Å². The first kappa shape index (κ1) is 13.5. The van der Waals surface area contributed by atoms with Gasteiger partial charge in [0.2, 0.25) is 0 Å². The summed E-state index contributed by atoms with van der Waals surface area (Å²) in [6.07, 6.45) is 0.664. The standard InChI is InChI=1S/C12H14Cl2O2/c1-8(6-7-16-2)12(15)11-9(13)4-3-5-10(11)14/h3-5,8H,6-7H2,1-2H3. The third-order valence-corrected chi connectivity index (χ3v) is 3.04. The van der Waals surface area contributed by atoms with Crippen LogP contribution in [-0.4, -0.2) is 19.5 Å². The van der Waals surface area contributed by atoms with Crippen molar-refractivity contribution in [1.82, 2.24) is 0 Å². The van der Waals surface area contributed by atoms with E-state index in [-0.39, 0.29) is 11.7 Å². The fourth-order valence-electron chi connectivity index (χ4n) is 1.41. The number of rotatable bonds is 5. The second-order valence-electron chi connectivity index (χ2n) is 3.64. The number of benzene rings is 1. The van der Waals surface area contributed by atoms with Gasteiger partial charge in [-0.1, -0.05) is 36.2 Å². The van der Waals surface area contributed by atoms with Crippen LogP contribution in [-0.2, 0) is 4.74 Å². The maximum absolute atomic E-state index is 12.1. The van der Waals surface area contributed by atoms with E-state index < -0.39 is 0 Å². The molecule has 0 aromatic heterocycles. The molecule has 0 heterocycles. The van der Waals surface area contributed by atoms with E-state index in [9.17, 15) is 4.79 Å². The van der Waals surface area contributed by atoms with E-state index in [4.69, 9.17) is 27.9 Å². The summed E-state index contributed by atoms with van der Waals surface area (Å²) in [5, 5.41) is 0.809. The number of Topliss-reactive ketones (excluding diaryl/α,β-unsaturated/α-hetero) is 1. The van der Waals surface area contributed by atoms with Gasteiger partial charge in [0.15, 0.2) is 5.78 Å². The summed E-state index contributed by atoms with van der Waals surface area (Å²) in [5.74, 6) is -0.176. The molecule has 0 saturated heterocycles. The predicted molar refractivity (Wildman–Crippen MR) is 66.4 cm³/mol. The van der Waals surface area contributed by atoms with Crippen molar-refractivity contribution in [2.45, 2.75) is 13.3 Å². The molecule has 0 aliphatic heterocycles. The van der Waals surface area contributed by atoms with Gasteiger partial charge < -0.3 is 4.74 Å². The second kappa shape index (κ2) is 6.24. The van der Waals surface area contributed by atoms with Crippen LogP contribution >= 0.6 is 23.2 Å². The normalized spacial score (nSPS) is 12.5. The van der Waals surface area contributed by atoms with Crippen LogP contribution in [0.1, 0.15) is 23.7 Å². The molecule has 0 fully saturated rings. The van der Waals surface area contributed by atoms with Crippen molar-refractivity contribution in [2.75, 3.05) is 13.7 Å². The number of hydrogen-bond acceptors (Lipinski definition) is 2. The Morgan fingerprint density at radius 2 is 1.94 bits per heavy atom. The molecule has 1 aromatic rings. The minimum absolute atomic E-state index is 0.0346. The number of hydrogen-bond donors (Lipinski definition) is 0. The molecule has 0 bridgehead atoms. The Kier molecular flexibility index (Phi) is 5.26. The van der Waals surface area contributed by atoms with Crippen LogP contribution in [0, 0.1) is 5.92 Å². The molecule has 1 rings (SSSR count). The van der Waals surface area contributed by atoms with Gasteiger partial charge in [0, 0.05) is 19.6 Å². The lowest BCUT2D eigenvalue weighted by molar-refractivity contribution is 0.0894. The zero-order valence-corrected chi connectivity index (χ0v) is 10.8. The van der Waals surface area contributed by atoms with Gasteiger partial charge in [-0.2, -0.15) is 0 Å². The monoisotopic (exact) mass is 260 g/mol. The molecule has 0 N–H and O–H groups in total. The number of carbonyl (C=O) groups is 1. The van der Waals surface area contributed by atoms with Crippen molar-refractivity contribution in [3.05, 3.63) is 33.8 Å². The summed E-state index contributed by atoms with van der Waals surface area (Å²) >= 11 is 11.9. The molecule has 0 aliphatic rings. The third-order valence-electron chi connectivity index (χ3n) is 2.41. The van der Waals surface area contributed by atoms with Gasteiger partial charge in [0.1, 0.15) is 0 Å². The van der Waals surface area contributed by atoms with Crippen LogP contribution in [0.3, 0.4) is 0 Å². The van der Waals surface area contributed by atoms with E-state index in [0.29, 0.717) is 28.6 Å². The molecule has 0 amide bonds. The predicted octanol–water partition coefficient (Wildman–Crippen LogP) is 3.85. The maximum atomic E-state index is 12.1. The Labute approximate surface area is 106 Å². The number of halogens is 2. The Bertz CT molecular complexity index is 357. The molecule has 1 atom stereocenters. The number of ether oxygens (including phenoxy) is 1. The highest BCUT2D eigenvalue weighted by Gasteiger charge is 2.20. The van der Waals surface area contributed by atoms with Crippen LogP contribution in [0.5, 0.6) is 0 Å². The molecule has 1 unspecified atom stereocenters. The summed E-state index contributed by atoms with van der Waals surface area (Å²) in [6, 6.07) is 5.06. The van der Waals surface area contributed by atoms with Gasteiger partial charge in [-0.05, 0) is 18.6 Å². The highest BCUT2D eigenvalue weighted by atomic mass is 35.5. The first-order valence-corrected chi connectivity index (χ1v) is 5.80. The van der Waals surface area contributed by atoms with Crippen molar-refractivity contribution in [2.24, 2.45) is 5.92 Å². The molecule has 4 heteroatoms. The van der Waals surface area contributed by atoms with Gasteiger partial charge in [0.05, 0.1) is 15.6 Å². The van der Waals surface area contributed by atoms with E-state index in [1.807, 2.05) is 6.92 Å². The largest absolute Gasteiger partial charge is 0.385 e. The third kappa shape index (κ3) is 3.21. The second-order valence-corrected chi connectivity index (χ2v) is 4.46. The van der Waals surface area contributed by atoms with Crippen molar-refractivity contribution < 1.29 is 9.53 Å². The van der Waals surface area contributed by atoms with Crippen LogP contribution in [0.2, 0.25) is 10.0 Å².